The van der Waals surface area contributed by atoms with Crippen molar-refractivity contribution in [3.8, 4) is 0 Å². The van der Waals surface area contributed by atoms with Crippen LogP contribution in [-0.2, 0) is 6.54 Å². The van der Waals surface area contributed by atoms with Gasteiger partial charge in [0.15, 0.2) is 5.96 Å². The summed E-state index contributed by atoms with van der Waals surface area (Å²) < 4.78 is 0. The first-order valence-corrected chi connectivity index (χ1v) is 5.32. The van der Waals surface area contributed by atoms with Crippen LogP contribution in [0.2, 0.25) is 0 Å². The van der Waals surface area contributed by atoms with Crippen molar-refractivity contribution in [2.45, 2.75) is 6.54 Å². The van der Waals surface area contributed by atoms with Crippen LogP contribution in [0.1, 0.15) is 4.88 Å². The minimum atomic E-state index is -0.103. The molecular formula is C9H15N5S. The molecule has 1 aromatic heterocycles. The third-order valence-electron chi connectivity index (χ3n) is 1.79. The van der Waals surface area contributed by atoms with Gasteiger partial charge >= 0.3 is 0 Å². The van der Waals surface area contributed by atoms with Crippen LogP contribution in [-0.4, -0.2) is 30.9 Å². The molecule has 0 atom stereocenters. The number of nitrogens with one attached hydrogen (secondary N) is 2. The lowest BCUT2D eigenvalue weighted by Gasteiger charge is -2.20. The summed E-state index contributed by atoms with van der Waals surface area (Å²) in [5, 5.41) is 11.8. The highest BCUT2D eigenvalue weighted by atomic mass is 32.1. The SMILES string of the molecule is C/N=C(\NC(=N)N)N(C)Cc1cccs1. The van der Waals surface area contributed by atoms with Gasteiger partial charge in [-0.25, -0.2) is 0 Å². The Kier molecular flexibility index (Phi) is 4.11. The number of guanidine groups is 2. The van der Waals surface area contributed by atoms with Gasteiger partial charge < -0.3 is 10.6 Å². The minimum Gasteiger partial charge on any atom is -0.370 e. The topological polar surface area (TPSA) is 77.5 Å². The fraction of sp³-hybridized carbons (Fsp3) is 0.333. The summed E-state index contributed by atoms with van der Waals surface area (Å²) in [6.07, 6.45) is 0. The second kappa shape index (κ2) is 5.35. The molecule has 0 aliphatic heterocycles. The van der Waals surface area contributed by atoms with Gasteiger partial charge in [0, 0.05) is 19.0 Å². The predicted molar refractivity (Wildman–Crippen MR) is 64.2 cm³/mol. The number of rotatable bonds is 2. The Labute approximate surface area is 93.1 Å². The van der Waals surface area contributed by atoms with E-state index in [2.05, 4.69) is 16.4 Å². The van der Waals surface area contributed by atoms with Gasteiger partial charge in [-0.05, 0) is 11.4 Å². The van der Waals surface area contributed by atoms with Crippen LogP contribution < -0.4 is 11.1 Å². The Morgan fingerprint density at radius 2 is 2.47 bits per heavy atom. The third-order valence-corrected chi connectivity index (χ3v) is 2.65. The molecular weight excluding hydrogens is 210 g/mol. The molecule has 0 amide bonds. The Hall–Kier alpha value is -1.56. The lowest BCUT2D eigenvalue weighted by atomic mass is 10.4. The summed E-state index contributed by atoms with van der Waals surface area (Å²) in [7, 11) is 3.56. The van der Waals surface area contributed by atoms with Crippen molar-refractivity contribution < 1.29 is 0 Å². The molecule has 6 heteroatoms. The van der Waals surface area contributed by atoms with Gasteiger partial charge in [0.25, 0.3) is 0 Å². The van der Waals surface area contributed by atoms with E-state index in [4.69, 9.17) is 11.1 Å². The van der Waals surface area contributed by atoms with Crippen molar-refractivity contribution >= 4 is 23.3 Å². The number of nitrogens with zero attached hydrogens (tertiary/aromatic N) is 2. The maximum absolute atomic E-state index is 7.13. The van der Waals surface area contributed by atoms with Crippen molar-refractivity contribution in [3.05, 3.63) is 22.4 Å². The van der Waals surface area contributed by atoms with Gasteiger partial charge in [-0.15, -0.1) is 11.3 Å². The molecule has 15 heavy (non-hydrogen) atoms. The summed E-state index contributed by atoms with van der Waals surface area (Å²) in [4.78, 5) is 7.17. The van der Waals surface area contributed by atoms with E-state index in [1.54, 1.807) is 18.4 Å². The standard InChI is InChI=1S/C9H15N5S/c1-12-9(13-8(10)11)14(2)6-7-4-3-5-15-7/h3-5H,6H2,1-2H3,(H4,10,11,12,13). The molecule has 0 saturated heterocycles. The average Bonchev–Trinajstić information content (AvgIpc) is 2.66. The van der Waals surface area contributed by atoms with Gasteiger partial charge in [0.05, 0.1) is 6.54 Å². The molecule has 0 aromatic carbocycles. The summed E-state index contributed by atoms with van der Waals surface area (Å²) in [6.45, 7) is 0.755. The largest absolute Gasteiger partial charge is 0.370 e. The van der Waals surface area contributed by atoms with E-state index in [1.165, 1.54) is 4.88 Å². The summed E-state index contributed by atoms with van der Waals surface area (Å²) in [5.41, 5.74) is 5.25. The van der Waals surface area contributed by atoms with Crippen molar-refractivity contribution in [1.82, 2.24) is 10.2 Å². The molecule has 0 bridgehead atoms. The average molecular weight is 225 g/mol. The molecule has 1 aromatic rings. The Morgan fingerprint density at radius 1 is 1.73 bits per heavy atom. The van der Waals surface area contributed by atoms with Crippen molar-refractivity contribution in [3.63, 3.8) is 0 Å². The minimum absolute atomic E-state index is 0.103. The summed E-state index contributed by atoms with van der Waals surface area (Å²) in [6, 6.07) is 4.07. The Bertz CT molecular complexity index is 343. The zero-order chi connectivity index (χ0) is 11.3. The van der Waals surface area contributed by atoms with Crippen LogP contribution >= 0.6 is 11.3 Å². The maximum Gasteiger partial charge on any atom is 0.200 e. The molecule has 0 radical (unpaired) electrons. The number of hydrogen-bond donors (Lipinski definition) is 3. The lowest BCUT2D eigenvalue weighted by molar-refractivity contribution is 0.492. The zero-order valence-electron chi connectivity index (χ0n) is 8.82. The van der Waals surface area contributed by atoms with Gasteiger partial charge in [-0.1, -0.05) is 6.07 Å². The molecule has 0 aliphatic rings. The number of hydrogen-bond acceptors (Lipinski definition) is 3. The number of aliphatic imine (C=N–C) groups is 1. The van der Waals surface area contributed by atoms with E-state index < -0.39 is 0 Å². The van der Waals surface area contributed by atoms with E-state index in [0.29, 0.717) is 5.96 Å². The highest BCUT2D eigenvalue weighted by Gasteiger charge is 2.07. The first-order valence-electron chi connectivity index (χ1n) is 4.45. The first kappa shape index (κ1) is 11.5. The second-order valence-corrected chi connectivity index (χ2v) is 4.05. The molecule has 0 fully saturated rings. The molecule has 0 spiro atoms. The van der Waals surface area contributed by atoms with E-state index in [0.717, 1.165) is 6.54 Å². The maximum atomic E-state index is 7.13. The monoisotopic (exact) mass is 225 g/mol. The highest BCUT2D eigenvalue weighted by Crippen LogP contribution is 2.10. The third kappa shape index (κ3) is 3.59. The quantitative estimate of drug-likeness (QED) is 0.511. The van der Waals surface area contributed by atoms with E-state index >= 15 is 0 Å². The smallest absolute Gasteiger partial charge is 0.200 e. The van der Waals surface area contributed by atoms with Crippen LogP contribution in [0.15, 0.2) is 22.5 Å². The summed E-state index contributed by atoms with van der Waals surface area (Å²) >= 11 is 1.69. The molecule has 0 unspecified atom stereocenters. The Morgan fingerprint density at radius 3 is 2.93 bits per heavy atom. The van der Waals surface area contributed by atoms with Gasteiger partial charge in [0.2, 0.25) is 5.96 Å². The van der Waals surface area contributed by atoms with Gasteiger partial charge in [-0.3, -0.25) is 15.7 Å². The van der Waals surface area contributed by atoms with E-state index in [1.807, 2.05) is 23.4 Å². The van der Waals surface area contributed by atoms with Crippen LogP contribution in [0.25, 0.3) is 0 Å². The number of thiophene rings is 1. The lowest BCUT2D eigenvalue weighted by Crippen LogP contribution is -2.44. The van der Waals surface area contributed by atoms with Crippen LogP contribution in [0, 0.1) is 5.41 Å². The fourth-order valence-electron chi connectivity index (χ4n) is 1.15. The molecule has 4 N–H and O–H groups in total. The Balaban J connectivity index is 2.58. The highest BCUT2D eigenvalue weighted by molar-refractivity contribution is 7.09. The normalized spacial score (nSPS) is 11.2. The fourth-order valence-corrected chi connectivity index (χ4v) is 1.91. The van der Waals surface area contributed by atoms with Crippen LogP contribution in [0.5, 0.6) is 0 Å². The van der Waals surface area contributed by atoms with Crippen LogP contribution in [0.3, 0.4) is 0 Å². The van der Waals surface area contributed by atoms with E-state index in [-0.39, 0.29) is 5.96 Å². The molecule has 82 valence electrons. The number of nitrogens with two attached hydrogens (primary N) is 1. The predicted octanol–water partition coefficient (Wildman–Crippen LogP) is 0.649. The molecule has 0 saturated carbocycles. The molecule has 1 heterocycles. The van der Waals surface area contributed by atoms with Crippen molar-refractivity contribution in [2.75, 3.05) is 14.1 Å². The first-order chi connectivity index (χ1) is 7.13. The van der Waals surface area contributed by atoms with Gasteiger partial charge in [-0.2, -0.15) is 0 Å². The molecule has 1 rings (SSSR count). The second-order valence-electron chi connectivity index (χ2n) is 3.02. The molecule has 5 nitrogen and oxygen atoms in total. The van der Waals surface area contributed by atoms with Gasteiger partial charge in [0.1, 0.15) is 0 Å². The molecule has 0 aliphatic carbocycles. The zero-order valence-corrected chi connectivity index (χ0v) is 9.64. The summed E-state index contributed by atoms with van der Waals surface area (Å²) in [5.74, 6) is 0.490. The van der Waals surface area contributed by atoms with Crippen molar-refractivity contribution in [2.24, 2.45) is 10.7 Å². The van der Waals surface area contributed by atoms with E-state index in [9.17, 15) is 0 Å². The van der Waals surface area contributed by atoms with Crippen molar-refractivity contribution in [1.29, 1.82) is 5.41 Å². The van der Waals surface area contributed by atoms with Crippen LogP contribution in [0.4, 0.5) is 0 Å².